The van der Waals surface area contributed by atoms with Gasteiger partial charge in [-0.3, -0.25) is 0 Å². The fourth-order valence-corrected chi connectivity index (χ4v) is 10.4. The molecule has 9 heteroatoms. The first-order valence-electron chi connectivity index (χ1n) is 16.5. The molecule has 4 aliphatic carbocycles. The number of rotatable bonds is 14. The third kappa shape index (κ3) is 6.74. The molecule has 1 spiro atoms. The quantitative estimate of drug-likeness (QED) is 0.159. The van der Waals surface area contributed by atoms with Crippen molar-refractivity contribution >= 4 is 11.8 Å². The Kier molecular flexibility index (Phi) is 10.1. The van der Waals surface area contributed by atoms with Crippen LogP contribution in [0.4, 0.5) is 22.0 Å². The van der Waals surface area contributed by atoms with Crippen molar-refractivity contribution < 1.29 is 32.2 Å². The minimum absolute atomic E-state index is 0.135. The first-order chi connectivity index (χ1) is 20.3. The summed E-state index contributed by atoms with van der Waals surface area (Å²) in [6, 6.07) is 6.01. The minimum Gasteiger partial charge on any atom is -0.508 e. The minimum atomic E-state index is -5.45. The molecule has 2 N–H and O–H groups in total. The zero-order chi connectivity index (χ0) is 31.0. The summed E-state index contributed by atoms with van der Waals surface area (Å²) in [4.78, 5) is 2.29. The van der Waals surface area contributed by atoms with E-state index < -0.39 is 18.5 Å². The molecule has 4 aliphatic rings. The van der Waals surface area contributed by atoms with Crippen molar-refractivity contribution in [2.75, 3.05) is 31.6 Å². The van der Waals surface area contributed by atoms with Crippen molar-refractivity contribution in [3.63, 3.8) is 0 Å². The van der Waals surface area contributed by atoms with Gasteiger partial charge in [-0.05, 0) is 148 Å². The Morgan fingerprint density at radius 3 is 2.42 bits per heavy atom. The summed E-state index contributed by atoms with van der Waals surface area (Å²) < 4.78 is 62.7. The second kappa shape index (κ2) is 13.0. The second-order valence-corrected chi connectivity index (χ2v) is 15.7. The highest BCUT2D eigenvalue weighted by atomic mass is 32.2. The fourth-order valence-electron chi connectivity index (χ4n) is 9.48. The summed E-state index contributed by atoms with van der Waals surface area (Å²) in [5, 5.41) is 21.4. The Bertz CT molecular complexity index is 1100. The molecule has 3 saturated carbocycles. The van der Waals surface area contributed by atoms with E-state index in [2.05, 4.69) is 24.9 Å². The Balaban J connectivity index is 1.05. The zero-order valence-corrected chi connectivity index (χ0v) is 26.6. The van der Waals surface area contributed by atoms with Gasteiger partial charge in [0.15, 0.2) is 0 Å². The fraction of sp³-hybridized carbons (Fsp3) is 0.824. The number of hydrogen-bond acceptors (Lipinski definition) is 4. The van der Waals surface area contributed by atoms with Gasteiger partial charge >= 0.3 is 12.1 Å². The maximum Gasteiger partial charge on any atom is 0.453 e. The van der Waals surface area contributed by atoms with Gasteiger partial charge < -0.3 is 15.1 Å². The molecule has 0 amide bonds. The Hall–Kier alpha value is -1.06. The molecule has 0 aliphatic heterocycles. The van der Waals surface area contributed by atoms with Crippen LogP contribution in [0.3, 0.4) is 0 Å². The number of unbranched alkanes of at least 4 members (excludes halogenated alkanes) is 2. The van der Waals surface area contributed by atoms with Gasteiger partial charge in [-0.15, -0.1) is 0 Å². The lowest BCUT2D eigenvalue weighted by atomic mass is 9.50. The molecule has 43 heavy (non-hydrogen) atoms. The van der Waals surface area contributed by atoms with Crippen molar-refractivity contribution in [3.05, 3.63) is 29.3 Å². The number of phenols is 1. The number of thioether (sulfide) groups is 1. The number of halogens is 5. The largest absolute Gasteiger partial charge is 0.508 e. The highest BCUT2D eigenvalue weighted by Gasteiger charge is 2.71. The van der Waals surface area contributed by atoms with E-state index in [4.69, 9.17) is 0 Å². The average Bonchev–Trinajstić information content (AvgIpc) is 3.72. The zero-order valence-electron chi connectivity index (χ0n) is 25.8. The third-order valence-electron chi connectivity index (χ3n) is 12.0. The van der Waals surface area contributed by atoms with Gasteiger partial charge in [-0.25, -0.2) is 0 Å². The van der Waals surface area contributed by atoms with Crippen LogP contribution in [0.1, 0.15) is 101 Å². The van der Waals surface area contributed by atoms with Gasteiger partial charge in [0.05, 0.1) is 6.10 Å². The molecule has 244 valence electrons. The summed E-state index contributed by atoms with van der Waals surface area (Å²) in [5.74, 6) is -0.869. The predicted molar refractivity (Wildman–Crippen MR) is 163 cm³/mol. The van der Waals surface area contributed by atoms with Crippen LogP contribution in [-0.2, 0) is 6.42 Å². The van der Waals surface area contributed by atoms with Gasteiger partial charge in [0, 0.05) is 11.8 Å². The second-order valence-electron chi connectivity index (χ2n) is 14.4. The molecular weight excluding hydrogens is 581 g/mol. The molecule has 0 aromatic heterocycles. The summed E-state index contributed by atoms with van der Waals surface area (Å²) in [6.07, 6.45) is 5.34. The van der Waals surface area contributed by atoms with Crippen molar-refractivity contribution in [3.8, 4) is 5.75 Å². The lowest BCUT2D eigenvalue weighted by molar-refractivity contribution is -0.284. The molecule has 3 fully saturated rings. The summed E-state index contributed by atoms with van der Waals surface area (Å²) in [7, 11) is 2.09. The number of hydrogen-bond donors (Lipinski definition) is 2. The summed E-state index contributed by atoms with van der Waals surface area (Å²) in [6.45, 7) is 4.37. The van der Waals surface area contributed by atoms with E-state index in [0.717, 1.165) is 50.9 Å². The number of aliphatic hydroxyl groups is 1. The van der Waals surface area contributed by atoms with Gasteiger partial charge in [0.2, 0.25) is 0 Å². The van der Waals surface area contributed by atoms with Gasteiger partial charge in [-0.1, -0.05) is 25.8 Å². The van der Waals surface area contributed by atoms with Crippen LogP contribution >= 0.6 is 11.8 Å². The van der Waals surface area contributed by atoms with Gasteiger partial charge in [0.25, 0.3) is 0 Å². The Labute approximate surface area is 258 Å². The van der Waals surface area contributed by atoms with Gasteiger partial charge in [-0.2, -0.15) is 33.7 Å². The number of nitrogens with zero attached hydrogens (tertiary/aromatic N) is 1. The van der Waals surface area contributed by atoms with Crippen molar-refractivity contribution in [2.24, 2.45) is 28.6 Å². The predicted octanol–water partition coefficient (Wildman–Crippen LogP) is 8.82. The number of aromatic hydroxyl groups is 1. The highest BCUT2D eigenvalue weighted by molar-refractivity contribution is 7.99. The smallest absolute Gasteiger partial charge is 0.453 e. The molecule has 5 rings (SSSR count). The number of phenolic OH excluding ortho intramolecular Hbond substituents is 1. The third-order valence-corrected chi connectivity index (χ3v) is 13.1. The molecule has 6 atom stereocenters. The van der Waals surface area contributed by atoms with E-state index in [0.29, 0.717) is 35.2 Å². The van der Waals surface area contributed by atoms with Crippen LogP contribution in [-0.4, -0.2) is 65.0 Å². The average molecular weight is 632 g/mol. The Morgan fingerprint density at radius 2 is 1.70 bits per heavy atom. The first-order valence-corrected chi connectivity index (χ1v) is 17.7. The maximum atomic E-state index is 13.0. The SMILES string of the molecule is CN(CCCCCC1Cc2cc(O)ccc2C2CC[C@@]3(C)C(C[C@@H](O)C34CC4)C12)CCCSCCCC(F)(F)C(F)(F)F. The molecule has 0 heterocycles. The van der Waals surface area contributed by atoms with Crippen molar-refractivity contribution in [1.29, 1.82) is 0 Å². The molecule has 1 aromatic rings. The maximum absolute atomic E-state index is 13.0. The standard InChI is InChI=1S/C34H50F5NO2S/c1-31-13-11-27-26-10-9-25(41)21-24(26)20-23(30(27)28(31)22-29(42)32(31)14-15-32)8-4-3-5-16-40(2)17-7-19-43-18-6-12-33(35,36)34(37,38)39/h9-10,21,23,27-30,41-42H,3-8,11-20,22H2,1-2H3/t23?,27?,28?,29-,30?,31+/m1/s1. The van der Waals surface area contributed by atoms with Crippen LogP contribution in [0.15, 0.2) is 18.2 Å². The van der Waals surface area contributed by atoms with E-state index in [9.17, 15) is 32.2 Å². The van der Waals surface area contributed by atoms with E-state index in [1.807, 2.05) is 12.1 Å². The molecular formula is C34H50F5NO2S. The molecule has 4 unspecified atom stereocenters. The lowest BCUT2D eigenvalue weighted by Crippen LogP contribution is -2.46. The normalized spacial score (nSPS) is 31.2. The van der Waals surface area contributed by atoms with Crippen LogP contribution in [0.2, 0.25) is 0 Å². The summed E-state index contributed by atoms with van der Waals surface area (Å²) >= 11 is 1.45. The topological polar surface area (TPSA) is 43.7 Å². The number of alkyl halides is 5. The Morgan fingerprint density at radius 1 is 0.977 bits per heavy atom. The van der Waals surface area contributed by atoms with E-state index in [1.54, 1.807) is 0 Å². The van der Waals surface area contributed by atoms with Crippen LogP contribution in [0, 0.1) is 28.6 Å². The van der Waals surface area contributed by atoms with Crippen LogP contribution in [0.25, 0.3) is 0 Å². The van der Waals surface area contributed by atoms with E-state index in [-0.39, 0.29) is 23.4 Å². The summed E-state index contributed by atoms with van der Waals surface area (Å²) in [5.41, 5.74) is 3.16. The molecule has 1 aromatic carbocycles. The van der Waals surface area contributed by atoms with E-state index in [1.165, 1.54) is 61.4 Å². The monoisotopic (exact) mass is 631 g/mol. The number of fused-ring (bicyclic) bond motifs is 6. The van der Waals surface area contributed by atoms with E-state index >= 15 is 0 Å². The van der Waals surface area contributed by atoms with Crippen LogP contribution in [0.5, 0.6) is 5.75 Å². The van der Waals surface area contributed by atoms with Gasteiger partial charge in [0.1, 0.15) is 5.75 Å². The lowest BCUT2D eigenvalue weighted by Gasteiger charge is -2.54. The van der Waals surface area contributed by atoms with Crippen LogP contribution < -0.4 is 0 Å². The first kappa shape index (κ1) is 33.3. The van der Waals surface area contributed by atoms with Crippen molar-refractivity contribution in [1.82, 2.24) is 4.90 Å². The number of benzene rings is 1. The molecule has 0 radical (unpaired) electrons. The molecule has 0 saturated heterocycles. The highest BCUT2D eigenvalue weighted by Crippen LogP contribution is 2.76. The number of aliphatic hydroxyl groups excluding tert-OH is 1. The van der Waals surface area contributed by atoms with Crippen molar-refractivity contribution in [2.45, 2.75) is 115 Å². The molecule has 0 bridgehead atoms. The molecule has 3 nitrogen and oxygen atoms in total.